The molecular weight excluding hydrogens is 334 g/mol. The molecule has 7 heteroatoms. The number of fused-ring (bicyclic) bond motifs is 1. The van der Waals surface area contributed by atoms with Crippen LogP contribution in [0.3, 0.4) is 0 Å². The fourth-order valence-corrected chi connectivity index (χ4v) is 2.83. The zero-order valence-electron chi connectivity index (χ0n) is 14.5. The van der Waals surface area contributed by atoms with Crippen molar-refractivity contribution in [3.63, 3.8) is 0 Å². The van der Waals surface area contributed by atoms with Gasteiger partial charge in [-0.2, -0.15) is 0 Å². The van der Waals surface area contributed by atoms with Crippen LogP contribution >= 0.6 is 0 Å². The number of nitrogens with one attached hydrogen (secondary N) is 1. The Labute approximate surface area is 149 Å². The van der Waals surface area contributed by atoms with Crippen LogP contribution in [0, 0.1) is 6.92 Å². The number of rotatable bonds is 5. The van der Waals surface area contributed by atoms with Gasteiger partial charge in [0, 0.05) is 11.9 Å². The Balaban J connectivity index is 2.02. The Kier molecular flexibility index (Phi) is 4.62. The summed E-state index contributed by atoms with van der Waals surface area (Å²) in [6.07, 6.45) is 3.33. The standard InChI is InChI=1S/C19H19N3O4/c1-3-4-14-17(22-10-11(2)5-8-16(22)21-14)18(24)20-12-6-7-15(23)13(9-12)19(25)26/h5-10,23H,3-4H2,1-2H3,(H,20,24)(H,25,26). The molecule has 0 radical (unpaired) electrons. The van der Waals surface area contributed by atoms with Crippen LogP contribution < -0.4 is 5.32 Å². The number of carbonyl (C=O) groups excluding carboxylic acids is 1. The molecule has 0 spiro atoms. The molecule has 134 valence electrons. The van der Waals surface area contributed by atoms with Crippen LogP contribution in [0.25, 0.3) is 5.65 Å². The van der Waals surface area contributed by atoms with Crippen molar-refractivity contribution in [3.05, 3.63) is 59.0 Å². The van der Waals surface area contributed by atoms with Crippen molar-refractivity contribution in [2.75, 3.05) is 5.32 Å². The molecule has 0 aliphatic rings. The van der Waals surface area contributed by atoms with Crippen LogP contribution in [0.4, 0.5) is 5.69 Å². The number of phenols is 1. The van der Waals surface area contributed by atoms with Crippen molar-refractivity contribution in [2.45, 2.75) is 26.7 Å². The number of nitrogens with zero attached hydrogens (tertiary/aromatic N) is 2. The lowest BCUT2D eigenvalue weighted by Crippen LogP contribution is -2.17. The Morgan fingerprint density at radius 1 is 1.23 bits per heavy atom. The van der Waals surface area contributed by atoms with Gasteiger partial charge >= 0.3 is 5.97 Å². The van der Waals surface area contributed by atoms with Crippen LogP contribution in [-0.2, 0) is 6.42 Å². The molecule has 2 aromatic heterocycles. The highest BCUT2D eigenvalue weighted by Crippen LogP contribution is 2.23. The van der Waals surface area contributed by atoms with E-state index in [0.717, 1.165) is 12.0 Å². The number of pyridine rings is 1. The number of aromatic carboxylic acids is 1. The van der Waals surface area contributed by atoms with Crippen molar-refractivity contribution in [3.8, 4) is 5.75 Å². The summed E-state index contributed by atoms with van der Waals surface area (Å²) in [5.41, 5.74) is 2.80. The van der Waals surface area contributed by atoms with E-state index in [9.17, 15) is 14.7 Å². The van der Waals surface area contributed by atoms with Crippen LogP contribution in [0.2, 0.25) is 0 Å². The smallest absolute Gasteiger partial charge is 0.339 e. The Bertz CT molecular complexity index is 1010. The Morgan fingerprint density at radius 2 is 2.00 bits per heavy atom. The quantitative estimate of drug-likeness (QED) is 0.611. The molecule has 3 rings (SSSR count). The summed E-state index contributed by atoms with van der Waals surface area (Å²) in [5.74, 6) is -2.00. The number of hydrogen-bond donors (Lipinski definition) is 3. The third kappa shape index (κ3) is 3.23. The van der Waals surface area contributed by atoms with Crippen molar-refractivity contribution in [1.82, 2.24) is 9.38 Å². The number of anilines is 1. The topological polar surface area (TPSA) is 104 Å². The van der Waals surface area contributed by atoms with Gasteiger partial charge in [-0.05, 0) is 43.2 Å². The first-order valence-electron chi connectivity index (χ1n) is 8.26. The van der Waals surface area contributed by atoms with E-state index in [4.69, 9.17) is 5.11 Å². The number of amides is 1. The maximum Gasteiger partial charge on any atom is 0.339 e. The third-order valence-corrected chi connectivity index (χ3v) is 4.03. The molecule has 7 nitrogen and oxygen atoms in total. The lowest BCUT2D eigenvalue weighted by Gasteiger charge is -2.09. The summed E-state index contributed by atoms with van der Waals surface area (Å²) in [6.45, 7) is 3.94. The molecule has 3 N–H and O–H groups in total. The molecule has 0 fully saturated rings. The van der Waals surface area contributed by atoms with Gasteiger partial charge in [0.1, 0.15) is 22.7 Å². The SMILES string of the molecule is CCCc1nc2ccc(C)cn2c1C(=O)Nc1ccc(O)c(C(=O)O)c1. The summed E-state index contributed by atoms with van der Waals surface area (Å²) in [7, 11) is 0. The molecule has 3 aromatic rings. The molecule has 0 saturated carbocycles. The molecule has 0 aliphatic heterocycles. The molecule has 2 heterocycles. The van der Waals surface area contributed by atoms with Crippen molar-refractivity contribution < 1.29 is 19.8 Å². The van der Waals surface area contributed by atoms with E-state index in [1.807, 2.05) is 32.2 Å². The van der Waals surface area contributed by atoms with Gasteiger partial charge < -0.3 is 15.5 Å². The molecule has 0 atom stereocenters. The monoisotopic (exact) mass is 353 g/mol. The summed E-state index contributed by atoms with van der Waals surface area (Å²) < 4.78 is 1.74. The lowest BCUT2D eigenvalue weighted by molar-refractivity contribution is 0.0693. The Morgan fingerprint density at radius 3 is 2.69 bits per heavy atom. The van der Waals surface area contributed by atoms with Crippen molar-refractivity contribution in [2.24, 2.45) is 0 Å². The predicted molar refractivity (Wildman–Crippen MR) is 96.9 cm³/mol. The van der Waals surface area contributed by atoms with Crippen LogP contribution in [0.1, 0.15) is 45.4 Å². The average molecular weight is 353 g/mol. The molecule has 0 unspecified atom stereocenters. The number of aromatic hydroxyl groups is 1. The molecule has 0 aliphatic carbocycles. The zero-order chi connectivity index (χ0) is 18.8. The van der Waals surface area contributed by atoms with Gasteiger partial charge in [0.25, 0.3) is 5.91 Å². The molecule has 1 aromatic carbocycles. The van der Waals surface area contributed by atoms with Crippen LogP contribution in [0.5, 0.6) is 5.75 Å². The van der Waals surface area contributed by atoms with Crippen molar-refractivity contribution in [1.29, 1.82) is 0 Å². The zero-order valence-corrected chi connectivity index (χ0v) is 14.5. The number of carbonyl (C=O) groups is 2. The summed E-state index contributed by atoms with van der Waals surface area (Å²) in [4.78, 5) is 28.6. The Hall–Kier alpha value is -3.35. The molecule has 1 amide bonds. The van der Waals surface area contributed by atoms with E-state index < -0.39 is 5.97 Å². The van der Waals surface area contributed by atoms with Gasteiger partial charge in [-0.25, -0.2) is 9.78 Å². The number of hydrogen-bond acceptors (Lipinski definition) is 4. The van der Waals surface area contributed by atoms with Crippen molar-refractivity contribution >= 4 is 23.2 Å². The number of imidazole rings is 1. The first-order chi connectivity index (χ1) is 12.4. The third-order valence-electron chi connectivity index (χ3n) is 4.03. The highest BCUT2D eigenvalue weighted by atomic mass is 16.4. The second kappa shape index (κ2) is 6.87. The van der Waals surface area contributed by atoms with Gasteiger partial charge in [0.05, 0.1) is 5.69 Å². The molecule has 26 heavy (non-hydrogen) atoms. The summed E-state index contributed by atoms with van der Waals surface area (Å²) in [5, 5.41) is 21.4. The fourth-order valence-electron chi connectivity index (χ4n) is 2.83. The minimum atomic E-state index is -1.27. The van der Waals surface area contributed by atoms with E-state index in [1.165, 1.54) is 18.2 Å². The highest BCUT2D eigenvalue weighted by molar-refractivity contribution is 6.05. The van der Waals surface area contributed by atoms with Gasteiger partial charge in [-0.15, -0.1) is 0 Å². The minimum Gasteiger partial charge on any atom is -0.507 e. The van der Waals surface area contributed by atoms with E-state index in [2.05, 4.69) is 10.3 Å². The fraction of sp³-hybridized carbons (Fsp3) is 0.211. The number of aryl methyl sites for hydroxylation is 2. The van der Waals surface area contributed by atoms with E-state index in [1.54, 1.807) is 4.40 Å². The number of aromatic nitrogens is 2. The number of carboxylic acid groups (broad SMARTS) is 1. The number of carboxylic acids is 1. The normalized spacial score (nSPS) is 10.8. The first-order valence-corrected chi connectivity index (χ1v) is 8.26. The first kappa shape index (κ1) is 17.5. The van der Waals surface area contributed by atoms with Crippen LogP contribution in [-0.4, -0.2) is 31.5 Å². The molecular formula is C19H19N3O4. The second-order valence-corrected chi connectivity index (χ2v) is 6.08. The summed E-state index contributed by atoms with van der Waals surface area (Å²) >= 11 is 0. The largest absolute Gasteiger partial charge is 0.507 e. The minimum absolute atomic E-state index is 0.273. The van der Waals surface area contributed by atoms with E-state index in [-0.39, 0.29) is 22.9 Å². The predicted octanol–water partition coefficient (Wildman–Crippen LogP) is 3.25. The highest BCUT2D eigenvalue weighted by Gasteiger charge is 2.20. The maximum atomic E-state index is 12.9. The lowest BCUT2D eigenvalue weighted by atomic mass is 10.1. The molecule has 0 bridgehead atoms. The van der Waals surface area contributed by atoms with E-state index >= 15 is 0 Å². The molecule has 0 saturated heterocycles. The summed E-state index contributed by atoms with van der Waals surface area (Å²) in [6, 6.07) is 7.70. The van der Waals surface area contributed by atoms with Gasteiger partial charge in [0.2, 0.25) is 0 Å². The van der Waals surface area contributed by atoms with Crippen LogP contribution in [0.15, 0.2) is 36.5 Å². The van der Waals surface area contributed by atoms with Gasteiger partial charge in [-0.3, -0.25) is 9.20 Å². The maximum absolute atomic E-state index is 12.9. The van der Waals surface area contributed by atoms with Gasteiger partial charge in [-0.1, -0.05) is 19.4 Å². The second-order valence-electron chi connectivity index (χ2n) is 6.08. The van der Waals surface area contributed by atoms with Gasteiger partial charge in [0.15, 0.2) is 0 Å². The number of benzene rings is 1. The van der Waals surface area contributed by atoms with E-state index in [0.29, 0.717) is 23.5 Å². The average Bonchev–Trinajstić information content (AvgIpc) is 2.94.